The van der Waals surface area contributed by atoms with Crippen LogP contribution in [0.1, 0.15) is 44.2 Å². The minimum absolute atomic E-state index is 0. The van der Waals surface area contributed by atoms with Crippen molar-refractivity contribution in [2.24, 2.45) is 5.73 Å². The summed E-state index contributed by atoms with van der Waals surface area (Å²) in [5.41, 5.74) is 5.70. The zero-order valence-corrected chi connectivity index (χ0v) is 13.5. The number of rotatable bonds is 7. The predicted octanol–water partition coefficient (Wildman–Crippen LogP) is 1.45. The molecule has 21 heavy (non-hydrogen) atoms. The van der Waals surface area contributed by atoms with E-state index in [1.807, 2.05) is 13.8 Å². The van der Waals surface area contributed by atoms with Gasteiger partial charge < -0.3 is 20.8 Å². The van der Waals surface area contributed by atoms with Crippen LogP contribution in [0.25, 0.3) is 0 Å². The average Bonchev–Trinajstić information content (AvgIpc) is 2.98. The van der Waals surface area contributed by atoms with Gasteiger partial charge in [0.25, 0.3) is 5.91 Å². The lowest BCUT2D eigenvalue weighted by molar-refractivity contribution is -0.122. The van der Waals surface area contributed by atoms with E-state index in [-0.39, 0.29) is 24.1 Å². The van der Waals surface area contributed by atoms with E-state index in [9.17, 15) is 9.59 Å². The number of hydrogen-bond acceptors (Lipinski definition) is 4. The van der Waals surface area contributed by atoms with Crippen LogP contribution < -0.4 is 16.4 Å². The van der Waals surface area contributed by atoms with E-state index in [4.69, 9.17) is 10.2 Å². The van der Waals surface area contributed by atoms with Gasteiger partial charge in [0.2, 0.25) is 5.91 Å². The number of hydrogen-bond donors (Lipinski definition) is 3. The monoisotopic (exact) mass is 317 g/mol. The molecule has 6 nitrogen and oxygen atoms in total. The molecule has 0 aliphatic rings. The van der Waals surface area contributed by atoms with Crippen molar-refractivity contribution in [1.82, 2.24) is 10.6 Å². The highest BCUT2D eigenvalue weighted by molar-refractivity contribution is 5.95. The minimum Gasteiger partial charge on any atom is -0.459 e. The van der Waals surface area contributed by atoms with Crippen LogP contribution in [0.3, 0.4) is 0 Å². The van der Waals surface area contributed by atoms with Gasteiger partial charge in [0.1, 0.15) is 6.04 Å². The molecule has 0 radical (unpaired) electrons. The van der Waals surface area contributed by atoms with Crippen molar-refractivity contribution in [3.63, 3.8) is 0 Å². The van der Waals surface area contributed by atoms with Gasteiger partial charge in [-0.15, -0.1) is 12.4 Å². The van der Waals surface area contributed by atoms with Gasteiger partial charge in [0.05, 0.1) is 6.26 Å². The smallest absolute Gasteiger partial charge is 0.287 e. The first-order chi connectivity index (χ1) is 9.41. The Hall–Kier alpha value is -1.53. The van der Waals surface area contributed by atoms with E-state index in [1.54, 1.807) is 19.1 Å². The summed E-state index contributed by atoms with van der Waals surface area (Å²) in [5.74, 6) is -0.496. The lowest BCUT2D eigenvalue weighted by atomic mass is 9.94. The molecule has 0 spiro atoms. The minimum atomic E-state index is -0.648. The van der Waals surface area contributed by atoms with Crippen molar-refractivity contribution in [3.05, 3.63) is 24.2 Å². The van der Waals surface area contributed by atoms with Crippen LogP contribution in [0, 0.1) is 0 Å². The Morgan fingerprint density at radius 3 is 2.48 bits per heavy atom. The quantitative estimate of drug-likeness (QED) is 0.709. The summed E-state index contributed by atoms with van der Waals surface area (Å²) < 4.78 is 4.96. The van der Waals surface area contributed by atoms with Crippen LogP contribution in [0.5, 0.6) is 0 Å². The third-order valence-electron chi connectivity index (χ3n) is 3.51. The van der Waals surface area contributed by atoms with Crippen molar-refractivity contribution in [2.75, 3.05) is 6.54 Å². The second-order valence-corrected chi connectivity index (χ2v) is 4.96. The molecular weight excluding hydrogens is 294 g/mol. The van der Waals surface area contributed by atoms with E-state index in [0.29, 0.717) is 6.54 Å². The highest BCUT2D eigenvalue weighted by atomic mass is 35.5. The Morgan fingerprint density at radius 2 is 2.00 bits per heavy atom. The lowest BCUT2D eigenvalue weighted by Gasteiger charge is -2.27. The Bertz CT molecular complexity index is 444. The summed E-state index contributed by atoms with van der Waals surface area (Å²) in [6, 6.07) is 2.51. The van der Waals surface area contributed by atoms with E-state index in [2.05, 4.69) is 10.6 Å². The fourth-order valence-corrected chi connectivity index (χ4v) is 1.66. The zero-order chi connectivity index (χ0) is 15.2. The summed E-state index contributed by atoms with van der Waals surface area (Å²) >= 11 is 0. The highest BCUT2D eigenvalue weighted by Gasteiger charge is 2.23. The number of amides is 2. The molecule has 120 valence electrons. The molecule has 1 unspecified atom stereocenters. The van der Waals surface area contributed by atoms with Crippen LogP contribution in [0.15, 0.2) is 22.8 Å². The topological polar surface area (TPSA) is 97.4 Å². The average molecular weight is 318 g/mol. The van der Waals surface area contributed by atoms with Gasteiger partial charge in [-0.2, -0.15) is 0 Å². The lowest BCUT2D eigenvalue weighted by Crippen LogP contribution is -2.53. The van der Waals surface area contributed by atoms with Crippen molar-refractivity contribution < 1.29 is 14.0 Å². The van der Waals surface area contributed by atoms with Crippen LogP contribution in [0.4, 0.5) is 0 Å². The standard InChI is InChI=1S/C14H23N3O3.ClH/c1-4-14(15,5-2)9-16-12(18)10(3)17-13(19)11-7-6-8-20-11;/h6-8,10H,4-5,9,15H2,1-3H3,(H,16,18)(H,17,19);1H. The molecule has 1 atom stereocenters. The molecule has 4 N–H and O–H groups in total. The number of furan rings is 1. The molecular formula is C14H24ClN3O3. The fraction of sp³-hybridized carbons (Fsp3) is 0.571. The molecule has 0 bridgehead atoms. The SMILES string of the molecule is CCC(N)(CC)CNC(=O)C(C)NC(=O)c1ccco1.Cl. The molecule has 1 heterocycles. The Kier molecular flexibility index (Phi) is 8.06. The molecule has 0 aliphatic carbocycles. The van der Waals surface area contributed by atoms with Crippen LogP contribution in [-0.4, -0.2) is 29.9 Å². The highest BCUT2D eigenvalue weighted by Crippen LogP contribution is 2.09. The van der Waals surface area contributed by atoms with Gasteiger partial charge in [-0.05, 0) is 31.9 Å². The summed E-state index contributed by atoms with van der Waals surface area (Å²) in [4.78, 5) is 23.6. The Morgan fingerprint density at radius 1 is 1.38 bits per heavy atom. The third kappa shape index (κ3) is 5.77. The molecule has 7 heteroatoms. The maximum atomic E-state index is 11.9. The second-order valence-electron chi connectivity index (χ2n) is 4.96. The molecule has 0 aromatic carbocycles. The van der Waals surface area contributed by atoms with E-state index in [1.165, 1.54) is 6.26 Å². The molecule has 2 amide bonds. The van der Waals surface area contributed by atoms with Gasteiger partial charge in [-0.25, -0.2) is 0 Å². The van der Waals surface area contributed by atoms with Crippen LogP contribution >= 0.6 is 12.4 Å². The van der Waals surface area contributed by atoms with E-state index in [0.717, 1.165) is 12.8 Å². The van der Waals surface area contributed by atoms with Crippen LogP contribution in [0.2, 0.25) is 0 Å². The van der Waals surface area contributed by atoms with Gasteiger partial charge in [0, 0.05) is 12.1 Å². The first-order valence-corrected chi connectivity index (χ1v) is 6.83. The van der Waals surface area contributed by atoms with Gasteiger partial charge in [0.15, 0.2) is 5.76 Å². The molecule has 0 aliphatic heterocycles. The largest absolute Gasteiger partial charge is 0.459 e. The second kappa shape index (κ2) is 8.69. The van der Waals surface area contributed by atoms with Crippen LogP contribution in [-0.2, 0) is 4.79 Å². The van der Waals surface area contributed by atoms with Crippen molar-refractivity contribution in [2.45, 2.75) is 45.2 Å². The molecule has 1 aromatic heterocycles. The first kappa shape index (κ1) is 19.5. The number of carbonyl (C=O) groups excluding carboxylic acids is 2. The zero-order valence-electron chi connectivity index (χ0n) is 12.6. The van der Waals surface area contributed by atoms with Crippen molar-refractivity contribution >= 4 is 24.2 Å². The molecule has 0 saturated heterocycles. The number of nitrogens with one attached hydrogen (secondary N) is 2. The van der Waals surface area contributed by atoms with E-state index < -0.39 is 17.5 Å². The van der Waals surface area contributed by atoms with E-state index >= 15 is 0 Å². The first-order valence-electron chi connectivity index (χ1n) is 6.83. The van der Waals surface area contributed by atoms with Gasteiger partial charge >= 0.3 is 0 Å². The maximum Gasteiger partial charge on any atom is 0.287 e. The fourth-order valence-electron chi connectivity index (χ4n) is 1.66. The number of carbonyl (C=O) groups is 2. The predicted molar refractivity (Wildman–Crippen MR) is 83.4 cm³/mol. The summed E-state index contributed by atoms with van der Waals surface area (Å²) in [5, 5.41) is 5.34. The third-order valence-corrected chi connectivity index (χ3v) is 3.51. The molecule has 1 rings (SSSR count). The maximum absolute atomic E-state index is 11.9. The Labute approximate surface area is 131 Å². The summed E-state index contributed by atoms with van der Waals surface area (Å²) in [6.45, 7) is 5.97. The molecule has 1 aromatic rings. The Balaban J connectivity index is 0.00000400. The molecule has 0 fully saturated rings. The van der Waals surface area contributed by atoms with Gasteiger partial charge in [-0.1, -0.05) is 13.8 Å². The summed E-state index contributed by atoms with van der Waals surface area (Å²) in [6.07, 6.45) is 2.96. The molecule has 0 saturated carbocycles. The number of halogens is 1. The normalized spacial score (nSPS) is 12.2. The summed E-state index contributed by atoms with van der Waals surface area (Å²) in [7, 11) is 0. The van der Waals surface area contributed by atoms with Crippen molar-refractivity contribution in [3.8, 4) is 0 Å². The van der Waals surface area contributed by atoms with Crippen molar-refractivity contribution in [1.29, 1.82) is 0 Å². The van der Waals surface area contributed by atoms with Gasteiger partial charge in [-0.3, -0.25) is 9.59 Å². The number of nitrogens with two attached hydrogens (primary N) is 1.